The highest BCUT2D eigenvalue weighted by Gasteiger charge is 2.27. The maximum absolute atomic E-state index is 11.9. The summed E-state index contributed by atoms with van der Waals surface area (Å²) >= 11 is 0. The summed E-state index contributed by atoms with van der Waals surface area (Å²) in [7, 11) is 0. The molecule has 1 aliphatic heterocycles. The highest BCUT2D eigenvalue weighted by atomic mass is 35.5. The van der Waals surface area contributed by atoms with Gasteiger partial charge in [-0.2, -0.15) is 0 Å². The summed E-state index contributed by atoms with van der Waals surface area (Å²) in [5.74, 6) is -0.785. The lowest BCUT2D eigenvalue weighted by Gasteiger charge is -2.38. The van der Waals surface area contributed by atoms with Crippen molar-refractivity contribution >= 4 is 24.4 Å². The number of benzene rings is 1. The fraction of sp³-hybridized carbons (Fsp3) is 0.600. The lowest BCUT2D eigenvalue weighted by molar-refractivity contribution is -0.139. The minimum atomic E-state index is -0.785. The summed E-state index contributed by atoms with van der Waals surface area (Å²) in [6, 6.07) is 8.55. The number of aliphatic carboxylic acids is 1. The molecule has 27 heavy (non-hydrogen) atoms. The van der Waals surface area contributed by atoms with Crippen molar-refractivity contribution in [3.63, 3.8) is 0 Å². The van der Waals surface area contributed by atoms with Gasteiger partial charge in [-0.3, -0.25) is 9.69 Å². The molecule has 2 rings (SSSR count). The van der Waals surface area contributed by atoms with Gasteiger partial charge in [0.15, 0.2) is 0 Å². The van der Waals surface area contributed by atoms with Crippen LogP contribution in [0.3, 0.4) is 0 Å². The Kier molecular flexibility index (Phi) is 10.2. The van der Waals surface area contributed by atoms with Crippen LogP contribution in [0.15, 0.2) is 24.3 Å². The van der Waals surface area contributed by atoms with Crippen LogP contribution in [0.2, 0.25) is 0 Å². The Bertz CT molecular complexity index is 604. The van der Waals surface area contributed by atoms with Gasteiger partial charge in [0.2, 0.25) is 0 Å². The molecule has 1 saturated heterocycles. The number of carboxylic acids is 1. The van der Waals surface area contributed by atoms with Crippen molar-refractivity contribution < 1.29 is 14.7 Å². The number of piperidine rings is 1. The second kappa shape index (κ2) is 11.8. The van der Waals surface area contributed by atoms with Crippen LogP contribution in [0.25, 0.3) is 0 Å². The number of carbonyl (C=O) groups excluding carboxylic acids is 1. The first-order valence-corrected chi connectivity index (χ1v) is 9.54. The van der Waals surface area contributed by atoms with E-state index in [1.165, 1.54) is 11.1 Å². The molecule has 1 aromatic rings. The zero-order valence-corrected chi connectivity index (χ0v) is 17.1. The first kappa shape index (κ1) is 23.2. The van der Waals surface area contributed by atoms with Crippen molar-refractivity contribution in [1.29, 1.82) is 0 Å². The minimum absolute atomic E-state index is 0. The number of amides is 2. The summed E-state index contributed by atoms with van der Waals surface area (Å²) in [5, 5.41) is 12.1. The van der Waals surface area contributed by atoms with Crippen molar-refractivity contribution in [2.45, 2.75) is 45.6 Å². The summed E-state index contributed by atoms with van der Waals surface area (Å²) in [4.78, 5) is 27.1. The Labute approximate surface area is 168 Å². The number of aryl methyl sites for hydroxylation is 2. The quantitative estimate of drug-likeness (QED) is 0.707. The third-order valence-corrected chi connectivity index (χ3v) is 5.09. The number of rotatable bonds is 8. The summed E-state index contributed by atoms with van der Waals surface area (Å²) in [5.41, 5.74) is 2.61. The Morgan fingerprint density at radius 1 is 1.26 bits per heavy atom. The normalized spacial score (nSPS) is 14.7. The largest absolute Gasteiger partial charge is 0.480 e. The fourth-order valence-corrected chi connectivity index (χ4v) is 3.62. The second-order valence-corrected chi connectivity index (χ2v) is 6.95. The van der Waals surface area contributed by atoms with E-state index in [-0.39, 0.29) is 31.0 Å². The monoisotopic (exact) mass is 397 g/mol. The molecule has 6 nitrogen and oxygen atoms in total. The van der Waals surface area contributed by atoms with Crippen molar-refractivity contribution in [3.8, 4) is 0 Å². The first-order valence-electron chi connectivity index (χ1n) is 9.54. The third-order valence-electron chi connectivity index (χ3n) is 5.09. The van der Waals surface area contributed by atoms with Crippen molar-refractivity contribution in [2.24, 2.45) is 0 Å². The Hall–Kier alpha value is -1.79. The summed E-state index contributed by atoms with van der Waals surface area (Å²) < 4.78 is 0. The number of nitrogens with zero attached hydrogens (tertiary/aromatic N) is 2. The molecule has 0 atom stereocenters. The topological polar surface area (TPSA) is 72.9 Å². The van der Waals surface area contributed by atoms with Crippen molar-refractivity contribution in [1.82, 2.24) is 15.1 Å². The summed E-state index contributed by atoms with van der Waals surface area (Å²) in [6.07, 6.45) is 3.55. The van der Waals surface area contributed by atoms with E-state index >= 15 is 0 Å². The minimum Gasteiger partial charge on any atom is -0.480 e. The lowest BCUT2D eigenvalue weighted by atomic mass is 10.0. The Morgan fingerprint density at radius 3 is 2.52 bits per heavy atom. The predicted octanol–water partition coefficient (Wildman–Crippen LogP) is 2.93. The molecule has 2 N–H and O–H groups in total. The van der Waals surface area contributed by atoms with E-state index in [9.17, 15) is 14.7 Å². The van der Waals surface area contributed by atoms with Crippen LogP contribution in [-0.4, -0.2) is 65.7 Å². The van der Waals surface area contributed by atoms with Gasteiger partial charge in [0.1, 0.15) is 0 Å². The van der Waals surface area contributed by atoms with Gasteiger partial charge in [0.25, 0.3) is 0 Å². The van der Waals surface area contributed by atoms with E-state index in [0.29, 0.717) is 19.6 Å². The molecule has 0 bridgehead atoms. The number of carboxylic acid groups (broad SMARTS) is 1. The molecule has 152 valence electrons. The van der Waals surface area contributed by atoms with E-state index < -0.39 is 5.97 Å². The molecule has 0 saturated carbocycles. The first-order chi connectivity index (χ1) is 12.5. The van der Waals surface area contributed by atoms with Gasteiger partial charge in [-0.1, -0.05) is 24.3 Å². The molecule has 1 heterocycles. The number of nitrogens with one attached hydrogen (secondary N) is 1. The number of carbonyl (C=O) groups is 2. The number of urea groups is 1. The molecular formula is C20H32ClN3O3. The SMILES string of the molecule is CCNC(=O)N1CCC(N(CCCc2ccccc2C)CC(=O)O)CC1.Cl. The smallest absolute Gasteiger partial charge is 0.317 e. The molecular weight excluding hydrogens is 366 g/mol. The van der Waals surface area contributed by atoms with Crippen LogP contribution in [0.4, 0.5) is 4.79 Å². The van der Waals surface area contributed by atoms with Crippen molar-refractivity contribution in [2.75, 3.05) is 32.7 Å². The molecule has 0 unspecified atom stereocenters. The van der Waals surface area contributed by atoms with Gasteiger partial charge >= 0.3 is 12.0 Å². The average Bonchev–Trinajstić information content (AvgIpc) is 2.62. The number of hydrogen-bond donors (Lipinski definition) is 2. The Morgan fingerprint density at radius 2 is 1.93 bits per heavy atom. The zero-order chi connectivity index (χ0) is 18.9. The second-order valence-electron chi connectivity index (χ2n) is 6.95. The van der Waals surface area contributed by atoms with Gasteiger partial charge in [-0.05, 0) is 57.2 Å². The van der Waals surface area contributed by atoms with E-state index in [1.807, 2.05) is 17.9 Å². The molecule has 0 aromatic heterocycles. The van der Waals surface area contributed by atoms with Crippen LogP contribution in [-0.2, 0) is 11.2 Å². The predicted molar refractivity (Wildman–Crippen MR) is 110 cm³/mol. The highest BCUT2D eigenvalue weighted by Crippen LogP contribution is 2.18. The van der Waals surface area contributed by atoms with E-state index in [2.05, 4.69) is 35.3 Å². The standard InChI is InChI=1S/C20H31N3O3.ClH/c1-3-21-20(26)22-13-10-18(11-14-22)23(15-19(24)25)12-6-9-17-8-5-4-7-16(17)2;/h4-5,7-8,18H,3,6,9-15H2,1-2H3,(H,21,26)(H,24,25);1H. The van der Waals surface area contributed by atoms with Gasteiger partial charge in [-0.25, -0.2) is 4.79 Å². The molecule has 7 heteroatoms. The van der Waals surface area contributed by atoms with Crippen LogP contribution in [0, 0.1) is 6.92 Å². The number of likely N-dealkylation sites (tertiary alicyclic amines) is 1. The zero-order valence-electron chi connectivity index (χ0n) is 16.3. The van der Waals surface area contributed by atoms with Gasteiger partial charge in [-0.15, -0.1) is 12.4 Å². The van der Waals surface area contributed by atoms with E-state index in [1.54, 1.807) is 0 Å². The van der Waals surface area contributed by atoms with E-state index in [4.69, 9.17) is 0 Å². The van der Waals surface area contributed by atoms with Gasteiger partial charge in [0.05, 0.1) is 6.54 Å². The molecule has 1 fully saturated rings. The molecule has 1 aliphatic rings. The molecule has 0 radical (unpaired) electrons. The number of hydrogen-bond acceptors (Lipinski definition) is 3. The van der Waals surface area contributed by atoms with E-state index in [0.717, 1.165) is 32.2 Å². The maximum atomic E-state index is 11.9. The van der Waals surface area contributed by atoms with Crippen LogP contribution < -0.4 is 5.32 Å². The highest BCUT2D eigenvalue weighted by molar-refractivity contribution is 5.85. The van der Waals surface area contributed by atoms with Crippen LogP contribution >= 0.6 is 12.4 Å². The number of halogens is 1. The van der Waals surface area contributed by atoms with Crippen molar-refractivity contribution in [3.05, 3.63) is 35.4 Å². The van der Waals surface area contributed by atoms with Gasteiger partial charge in [0, 0.05) is 25.7 Å². The average molecular weight is 398 g/mol. The Balaban J connectivity index is 0.00000364. The van der Waals surface area contributed by atoms with Crippen LogP contribution in [0.1, 0.15) is 37.3 Å². The molecule has 2 amide bonds. The molecule has 0 aliphatic carbocycles. The maximum Gasteiger partial charge on any atom is 0.317 e. The van der Waals surface area contributed by atoms with Crippen LogP contribution in [0.5, 0.6) is 0 Å². The molecule has 0 spiro atoms. The third kappa shape index (κ3) is 7.39. The summed E-state index contributed by atoms with van der Waals surface area (Å²) in [6.45, 7) is 6.86. The lowest BCUT2D eigenvalue weighted by Crippen LogP contribution is -2.50. The van der Waals surface area contributed by atoms with Gasteiger partial charge < -0.3 is 15.3 Å². The molecule has 1 aromatic carbocycles. The fourth-order valence-electron chi connectivity index (χ4n) is 3.62.